The van der Waals surface area contributed by atoms with Crippen LogP contribution >= 0.6 is 0 Å². The molecule has 6 rings (SSSR count). The molecule has 0 aliphatic heterocycles. The number of hydrogen-bond donors (Lipinski definition) is 12. The van der Waals surface area contributed by atoms with Gasteiger partial charge in [-0.25, -0.2) is 0 Å². The van der Waals surface area contributed by atoms with Crippen LogP contribution in [0.2, 0.25) is 0 Å². The van der Waals surface area contributed by atoms with Crippen LogP contribution in [0.4, 0.5) is 17.1 Å². The number of carbonyl (C=O) groups excluding carboxylic acids is 3. The van der Waals surface area contributed by atoms with Crippen LogP contribution in [0.5, 0.6) is 57.5 Å². The van der Waals surface area contributed by atoms with Crippen LogP contribution in [0, 0.1) is 16.2 Å². The van der Waals surface area contributed by atoms with Gasteiger partial charge in [-0.2, -0.15) is 0 Å². The van der Waals surface area contributed by atoms with E-state index >= 15 is 0 Å². The molecule has 6 aromatic rings. The van der Waals surface area contributed by atoms with Crippen molar-refractivity contribution in [1.29, 1.82) is 0 Å². The van der Waals surface area contributed by atoms with E-state index in [9.17, 15) is 45.0 Å². The molecule has 16 heteroatoms. The summed E-state index contributed by atoms with van der Waals surface area (Å²) in [7, 11) is 1.47. The molecule has 0 aromatic heterocycles. The summed E-state index contributed by atoms with van der Waals surface area (Å²) in [6.45, 7) is 29.7. The molecular weight excluding hydrogens is 1200 g/mol. The van der Waals surface area contributed by atoms with Gasteiger partial charge in [-0.15, -0.1) is 0 Å². The van der Waals surface area contributed by atoms with Gasteiger partial charge in [0.2, 0.25) is 17.7 Å². The molecule has 3 atom stereocenters. The number of hydrogen-bond acceptors (Lipinski definition) is 13. The maximum absolute atomic E-state index is 11.9. The number of rotatable bonds is 16. The minimum atomic E-state index is -0.412. The third-order valence-electron chi connectivity index (χ3n) is 14.6. The van der Waals surface area contributed by atoms with Crippen molar-refractivity contribution in [2.75, 3.05) is 23.1 Å². The van der Waals surface area contributed by atoms with Crippen LogP contribution < -0.4 is 20.7 Å². The first-order chi connectivity index (χ1) is 38.7. The second kappa shape index (κ2) is 55.1. The molecule has 0 saturated heterocycles. The van der Waals surface area contributed by atoms with Crippen LogP contribution in [0.25, 0.3) is 0 Å². The Morgan fingerprint density at radius 1 is 0.358 bits per heavy atom. The number of nitrogens with one attached hydrogen (secondary N) is 3. The fourth-order valence-corrected chi connectivity index (χ4v) is 6.66. The monoisotopic (exact) mass is 1340 g/mol. The first-order valence-electron chi connectivity index (χ1n) is 28.2. The summed E-state index contributed by atoms with van der Waals surface area (Å²) in [6.07, 6.45) is 5.34. The van der Waals surface area contributed by atoms with Crippen LogP contribution in [0.1, 0.15) is 266 Å². The number of ether oxygens (including phenoxy) is 1. The van der Waals surface area contributed by atoms with Gasteiger partial charge in [0.25, 0.3) is 0 Å². The lowest BCUT2D eigenvalue weighted by molar-refractivity contribution is -0.124. The number of carbonyl (C=O) groups is 3. The van der Waals surface area contributed by atoms with Crippen molar-refractivity contribution in [1.82, 2.24) is 0 Å². The first-order valence-corrected chi connectivity index (χ1v) is 28.2. The highest BCUT2D eigenvalue weighted by molar-refractivity contribution is 5.96. The maximum Gasteiger partial charge on any atom is 0.230 e. The number of phenolic OH excluding ortho intramolecular Hbond substituents is 9. The van der Waals surface area contributed by atoms with E-state index in [4.69, 9.17) is 20.1 Å². The largest absolute Gasteiger partial charge is 0.508 e. The van der Waals surface area contributed by atoms with Crippen molar-refractivity contribution in [2.24, 2.45) is 16.2 Å². The Labute approximate surface area is 581 Å². The SMILES string of the molecule is C.C.C.C.C.C.C.C.C.C.C.C.CCC(C)(C)C(=O)Nc1ccc(O)c(OC)c1.CCC(C)(C)C(=O)Nc1ccc(O)cc1.CCC(C)(C)C(=O)Nc1cccc(O)c1.CCC(C)c1cc(O)cc(O)c1.CCC(C)c1ccc(O)c(O)c1.CCC(C)c1ccc(O)cc1O. The predicted octanol–water partition coefficient (Wildman–Crippen LogP) is 23.8. The molecule has 552 valence electrons. The number of phenols is 9. The summed E-state index contributed by atoms with van der Waals surface area (Å²) in [5.74, 6) is 2.28. The molecule has 0 saturated carbocycles. The molecule has 0 spiro atoms. The average molecular weight is 1340 g/mol. The second-order valence-corrected chi connectivity index (χ2v) is 22.3. The Bertz CT molecular complexity index is 2920. The van der Waals surface area contributed by atoms with Gasteiger partial charge >= 0.3 is 0 Å². The van der Waals surface area contributed by atoms with Gasteiger partial charge in [-0.1, -0.05) is 211 Å². The number of amides is 3. The Balaban J connectivity index is -0.0000000852. The van der Waals surface area contributed by atoms with Gasteiger partial charge in [0, 0.05) is 57.6 Å². The Morgan fingerprint density at radius 2 is 0.726 bits per heavy atom. The van der Waals surface area contributed by atoms with Gasteiger partial charge in [-0.3, -0.25) is 14.4 Å². The highest BCUT2D eigenvalue weighted by Crippen LogP contribution is 2.34. The second-order valence-electron chi connectivity index (χ2n) is 22.3. The molecule has 0 fully saturated rings. The van der Waals surface area contributed by atoms with E-state index in [0.717, 1.165) is 55.2 Å². The summed E-state index contributed by atoms with van der Waals surface area (Å²) >= 11 is 0. The van der Waals surface area contributed by atoms with Crippen LogP contribution in [-0.2, 0) is 14.4 Å². The number of methoxy groups -OCH3 is 1. The zero-order valence-electron chi connectivity index (χ0n) is 51.7. The van der Waals surface area contributed by atoms with E-state index in [0.29, 0.717) is 40.6 Å². The average Bonchev–Trinajstić information content (AvgIpc) is 0.933. The smallest absolute Gasteiger partial charge is 0.230 e. The van der Waals surface area contributed by atoms with Gasteiger partial charge in [0.05, 0.1) is 7.11 Å². The molecule has 95 heavy (non-hydrogen) atoms. The van der Waals surface area contributed by atoms with Crippen molar-refractivity contribution in [3.8, 4) is 57.5 Å². The summed E-state index contributed by atoms with van der Waals surface area (Å²) in [5.41, 5.74) is 3.74. The minimum Gasteiger partial charge on any atom is -0.508 e. The zero-order chi connectivity index (χ0) is 63.4. The third-order valence-corrected chi connectivity index (χ3v) is 14.6. The quantitative estimate of drug-likeness (QED) is 0.0318. The van der Waals surface area contributed by atoms with E-state index in [1.54, 1.807) is 84.9 Å². The standard InChI is InChI=1S/C13H19NO3.2C12H17NO2.3C10H14O2.12CH4/c1-5-13(2,3)12(16)14-9-6-7-10(15)11(8-9)17-4;1-4-12(2,3)11(15)13-9-5-7-10(14)8-6-9;1-4-12(2,3)11(15)13-9-6-5-7-10(14)8-9;1-3-7(2)8-4-9(11)6-10(12)5-8;1-3-7(2)9-5-4-8(11)6-10(9)12;1-3-7(2)8-4-5-9(11)10(12)6-8;;;;;;;;;;;;/h6-8,15H,5H2,1-4H3,(H,14,16);2*5-8,14H,4H2,1-3H3,(H,13,15);3*4-7,11-12H,3H2,1-2H3;12*1H4. The molecule has 6 aromatic carbocycles. The molecule has 0 aliphatic carbocycles. The Morgan fingerprint density at radius 3 is 1.11 bits per heavy atom. The molecule has 3 amide bonds. The summed E-state index contributed by atoms with van der Waals surface area (Å²) in [4.78, 5) is 35.5. The molecule has 3 unspecified atom stereocenters. The predicted molar refractivity (Wildman–Crippen MR) is 415 cm³/mol. The van der Waals surface area contributed by atoms with E-state index < -0.39 is 5.41 Å². The molecular formula is C79H143N3O13. The lowest BCUT2D eigenvalue weighted by Gasteiger charge is -2.21. The lowest BCUT2D eigenvalue weighted by atomic mass is 9.89. The van der Waals surface area contributed by atoms with E-state index in [1.807, 2.05) is 75.3 Å². The molecule has 0 aliphatic rings. The number of aromatic hydroxyl groups is 9. The first kappa shape index (κ1) is 114. The van der Waals surface area contributed by atoms with Crippen molar-refractivity contribution >= 4 is 34.8 Å². The highest BCUT2D eigenvalue weighted by atomic mass is 16.5. The Kier molecular flexibility index (Phi) is 66.2. The van der Waals surface area contributed by atoms with Crippen LogP contribution in [0.15, 0.2) is 121 Å². The molecule has 16 nitrogen and oxygen atoms in total. The van der Waals surface area contributed by atoms with Crippen molar-refractivity contribution < 1.29 is 65.1 Å². The zero-order valence-corrected chi connectivity index (χ0v) is 51.7. The lowest BCUT2D eigenvalue weighted by Crippen LogP contribution is -2.29. The van der Waals surface area contributed by atoms with Crippen molar-refractivity contribution in [2.45, 2.75) is 249 Å². The summed E-state index contributed by atoms with van der Waals surface area (Å²) in [6, 6.07) is 32.2. The normalized spacial score (nSPS) is 10.4. The fourth-order valence-electron chi connectivity index (χ4n) is 6.66. The van der Waals surface area contributed by atoms with Crippen LogP contribution in [-0.4, -0.2) is 70.8 Å². The highest BCUT2D eigenvalue weighted by Gasteiger charge is 2.27. The van der Waals surface area contributed by atoms with E-state index in [1.165, 1.54) is 37.4 Å². The van der Waals surface area contributed by atoms with Gasteiger partial charge in [-0.05, 0) is 152 Å². The molecule has 0 bridgehead atoms. The van der Waals surface area contributed by atoms with Gasteiger partial charge in [0.1, 0.15) is 34.5 Å². The molecule has 0 heterocycles. The fraction of sp³-hybridized carbons (Fsp3) is 0.506. The molecule has 12 N–H and O–H groups in total. The maximum atomic E-state index is 11.9. The van der Waals surface area contributed by atoms with Crippen molar-refractivity contribution in [3.05, 3.63) is 138 Å². The number of benzene rings is 6. The van der Waals surface area contributed by atoms with Gasteiger partial charge in [0.15, 0.2) is 23.0 Å². The number of anilines is 3. The topological polar surface area (TPSA) is 279 Å². The third kappa shape index (κ3) is 40.6. The summed E-state index contributed by atoms with van der Waals surface area (Å²) < 4.78 is 4.98. The van der Waals surface area contributed by atoms with Gasteiger partial charge < -0.3 is 66.6 Å². The van der Waals surface area contributed by atoms with E-state index in [-0.39, 0.29) is 169 Å². The molecule has 0 radical (unpaired) electrons. The Hall–Kier alpha value is -8.27. The van der Waals surface area contributed by atoms with Crippen LogP contribution in [0.3, 0.4) is 0 Å². The van der Waals surface area contributed by atoms with E-state index in [2.05, 4.69) is 50.6 Å². The minimum absolute atomic E-state index is 0. The van der Waals surface area contributed by atoms with Crippen molar-refractivity contribution in [3.63, 3.8) is 0 Å². The summed E-state index contributed by atoms with van der Waals surface area (Å²) in [5, 5.41) is 91.2.